The highest BCUT2D eigenvalue weighted by atomic mass is 35.5. The summed E-state index contributed by atoms with van der Waals surface area (Å²) in [6, 6.07) is 16.1. The van der Waals surface area contributed by atoms with Crippen LogP contribution in [0.25, 0.3) is 28.0 Å². The summed E-state index contributed by atoms with van der Waals surface area (Å²) in [6.07, 6.45) is 1.95. The SMILES string of the molecule is Cc1nn(-c2cc(Cc3nn(C)c(-c4ccc(F)cc4)c3Cl)ncn2)c2ccccc12. The molecule has 0 amide bonds. The fourth-order valence-electron chi connectivity index (χ4n) is 3.75. The van der Waals surface area contributed by atoms with Gasteiger partial charge < -0.3 is 0 Å². The number of nitrogens with zero attached hydrogens (tertiary/aromatic N) is 6. The maximum absolute atomic E-state index is 13.3. The van der Waals surface area contributed by atoms with E-state index >= 15 is 0 Å². The summed E-state index contributed by atoms with van der Waals surface area (Å²) < 4.78 is 16.8. The van der Waals surface area contributed by atoms with Crippen molar-refractivity contribution < 1.29 is 4.39 Å². The molecule has 0 fully saturated rings. The van der Waals surface area contributed by atoms with Crippen LogP contribution in [-0.2, 0) is 13.5 Å². The molecule has 0 bridgehead atoms. The second kappa shape index (κ2) is 7.59. The van der Waals surface area contributed by atoms with Crippen molar-refractivity contribution in [2.75, 3.05) is 0 Å². The molecule has 0 spiro atoms. The summed E-state index contributed by atoms with van der Waals surface area (Å²) in [5.41, 5.74) is 4.92. The highest BCUT2D eigenvalue weighted by Crippen LogP contribution is 2.31. The van der Waals surface area contributed by atoms with Gasteiger partial charge in [-0.1, -0.05) is 29.8 Å². The first kappa shape index (κ1) is 19.4. The standard InChI is InChI=1S/C23H18ClFN6/c1-14-18-5-3-4-6-20(18)31(28-14)21-12-17(26-13-27-21)11-19-22(24)23(30(2)29-19)15-7-9-16(25)10-8-15/h3-10,12-13H,11H2,1-2H3. The molecule has 154 valence electrons. The lowest BCUT2D eigenvalue weighted by molar-refractivity contribution is 0.628. The number of para-hydroxylation sites is 1. The zero-order chi connectivity index (χ0) is 21.5. The summed E-state index contributed by atoms with van der Waals surface area (Å²) in [7, 11) is 1.82. The second-order valence-corrected chi connectivity index (χ2v) is 7.68. The molecule has 31 heavy (non-hydrogen) atoms. The lowest BCUT2D eigenvalue weighted by atomic mass is 10.1. The third-order valence-corrected chi connectivity index (χ3v) is 5.62. The van der Waals surface area contributed by atoms with E-state index in [2.05, 4.69) is 20.2 Å². The average molecular weight is 433 g/mol. The van der Waals surface area contributed by atoms with Crippen LogP contribution < -0.4 is 0 Å². The fourth-order valence-corrected chi connectivity index (χ4v) is 4.09. The van der Waals surface area contributed by atoms with Gasteiger partial charge in [-0.25, -0.2) is 19.0 Å². The molecule has 0 radical (unpaired) electrons. The predicted octanol–water partition coefficient (Wildman–Crippen LogP) is 4.91. The molecule has 0 saturated heterocycles. The lowest BCUT2D eigenvalue weighted by Gasteiger charge is -2.05. The number of benzene rings is 2. The van der Waals surface area contributed by atoms with Gasteiger partial charge in [0.05, 0.1) is 33.3 Å². The van der Waals surface area contributed by atoms with Crippen molar-refractivity contribution in [3.05, 3.63) is 88.8 Å². The molecular weight excluding hydrogens is 415 g/mol. The first-order valence-corrected chi connectivity index (χ1v) is 10.1. The molecule has 0 atom stereocenters. The van der Waals surface area contributed by atoms with Crippen molar-refractivity contribution in [2.24, 2.45) is 7.05 Å². The number of fused-ring (bicyclic) bond motifs is 1. The van der Waals surface area contributed by atoms with Crippen LogP contribution in [-0.4, -0.2) is 29.5 Å². The summed E-state index contributed by atoms with van der Waals surface area (Å²) >= 11 is 6.65. The summed E-state index contributed by atoms with van der Waals surface area (Å²) in [5.74, 6) is 0.386. The minimum atomic E-state index is -0.294. The molecule has 0 aliphatic heterocycles. The number of aromatic nitrogens is 6. The molecule has 2 aromatic carbocycles. The summed E-state index contributed by atoms with van der Waals surface area (Å²) in [6.45, 7) is 1.98. The van der Waals surface area contributed by atoms with Gasteiger partial charge in [0, 0.05) is 30.5 Å². The van der Waals surface area contributed by atoms with Gasteiger partial charge in [0.2, 0.25) is 0 Å². The Morgan fingerprint density at radius 2 is 1.77 bits per heavy atom. The molecule has 6 nitrogen and oxygen atoms in total. The molecular formula is C23H18ClFN6. The van der Waals surface area contributed by atoms with Crippen LogP contribution in [0.3, 0.4) is 0 Å². The molecule has 0 unspecified atom stereocenters. The number of aryl methyl sites for hydroxylation is 2. The molecule has 8 heteroatoms. The molecule has 0 aliphatic rings. The largest absolute Gasteiger partial charge is 0.266 e. The van der Waals surface area contributed by atoms with E-state index in [4.69, 9.17) is 11.6 Å². The Hall–Kier alpha value is -3.58. The van der Waals surface area contributed by atoms with Crippen molar-refractivity contribution >= 4 is 22.5 Å². The van der Waals surface area contributed by atoms with Crippen molar-refractivity contribution in [1.29, 1.82) is 0 Å². The third kappa shape index (κ3) is 3.47. The van der Waals surface area contributed by atoms with E-state index in [1.807, 2.05) is 49.0 Å². The summed E-state index contributed by atoms with van der Waals surface area (Å²) in [5, 5.41) is 10.8. The molecule has 0 saturated carbocycles. The Morgan fingerprint density at radius 3 is 2.58 bits per heavy atom. The molecule has 3 heterocycles. The van der Waals surface area contributed by atoms with Crippen LogP contribution >= 0.6 is 11.6 Å². The first-order chi connectivity index (χ1) is 15.0. The van der Waals surface area contributed by atoms with Crippen LogP contribution in [0.5, 0.6) is 0 Å². The number of hydrogen-bond acceptors (Lipinski definition) is 4. The molecule has 3 aromatic heterocycles. The van der Waals surface area contributed by atoms with E-state index in [9.17, 15) is 4.39 Å². The van der Waals surface area contributed by atoms with Crippen LogP contribution in [0.15, 0.2) is 60.9 Å². The van der Waals surface area contributed by atoms with E-state index in [1.54, 1.807) is 16.8 Å². The minimum absolute atomic E-state index is 0.294. The van der Waals surface area contributed by atoms with E-state index in [1.165, 1.54) is 18.5 Å². The first-order valence-electron chi connectivity index (χ1n) is 9.74. The van der Waals surface area contributed by atoms with Crippen LogP contribution in [0.2, 0.25) is 5.02 Å². The Labute approximate surface area is 183 Å². The van der Waals surface area contributed by atoms with Gasteiger partial charge >= 0.3 is 0 Å². The van der Waals surface area contributed by atoms with Crippen molar-refractivity contribution in [1.82, 2.24) is 29.5 Å². The molecule has 0 aliphatic carbocycles. The molecule has 0 N–H and O–H groups in total. The van der Waals surface area contributed by atoms with Crippen molar-refractivity contribution in [2.45, 2.75) is 13.3 Å². The summed E-state index contributed by atoms with van der Waals surface area (Å²) in [4.78, 5) is 8.81. The zero-order valence-corrected chi connectivity index (χ0v) is 17.7. The maximum atomic E-state index is 13.3. The molecule has 5 rings (SSSR count). The maximum Gasteiger partial charge on any atom is 0.157 e. The lowest BCUT2D eigenvalue weighted by Crippen LogP contribution is -2.03. The number of halogens is 2. The number of rotatable bonds is 4. The van der Waals surface area contributed by atoms with Gasteiger partial charge in [-0.05, 0) is 37.3 Å². The smallest absolute Gasteiger partial charge is 0.157 e. The normalized spacial score (nSPS) is 11.4. The molecule has 5 aromatic rings. The van der Waals surface area contributed by atoms with Gasteiger partial charge in [0.25, 0.3) is 0 Å². The topological polar surface area (TPSA) is 61.4 Å². The van der Waals surface area contributed by atoms with Crippen LogP contribution in [0, 0.1) is 12.7 Å². The van der Waals surface area contributed by atoms with Crippen molar-refractivity contribution in [3.63, 3.8) is 0 Å². The van der Waals surface area contributed by atoms with Gasteiger partial charge in [-0.3, -0.25) is 4.68 Å². The third-order valence-electron chi connectivity index (χ3n) is 5.22. The van der Waals surface area contributed by atoms with Crippen molar-refractivity contribution in [3.8, 4) is 17.1 Å². The Bertz CT molecular complexity index is 1400. The fraction of sp³-hybridized carbons (Fsp3) is 0.130. The van der Waals surface area contributed by atoms with E-state index < -0.39 is 0 Å². The predicted molar refractivity (Wildman–Crippen MR) is 118 cm³/mol. The van der Waals surface area contributed by atoms with Gasteiger partial charge in [-0.15, -0.1) is 0 Å². The van der Waals surface area contributed by atoms with Crippen LogP contribution in [0.1, 0.15) is 17.1 Å². The highest BCUT2D eigenvalue weighted by molar-refractivity contribution is 6.33. The van der Waals surface area contributed by atoms with Gasteiger partial charge in [0.15, 0.2) is 5.82 Å². The Kier molecular flexibility index (Phi) is 4.75. The van der Waals surface area contributed by atoms with E-state index in [0.29, 0.717) is 23.0 Å². The van der Waals surface area contributed by atoms with Crippen LogP contribution in [0.4, 0.5) is 4.39 Å². The second-order valence-electron chi connectivity index (χ2n) is 7.30. The quantitative estimate of drug-likeness (QED) is 0.405. The van der Waals surface area contributed by atoms with E-state index in [0.717, 1.165) is 33.5 Å². The van der Waals surface area contributed by atoms with E-state index in [-0.39, 0.29) is 5.82 Å². The Morgan fingerprint density at radius 1 is 1.00 bits per heavy atom. The average Bonchev–Trinajstić information content (AvgIpc) is 3.25. The monoisotopic (exact) mass is 432 g/mol. The van der Waals surface area contributed by atoms with Gasteiger partial charge in [0.1, 0.15) is 12.1 Å². The number of hydrogen-bond donors (Lipinski definition) is 0. The minimum Gasteiger partial charge on any atom is -0.266 e. The zero-order valence-electron chi connectivity index (χ0n) is 16.9. The van der Waals surface area contributed by atoms with Gasteiger partial charge in [-0.2, -0.15) is 10.2 Å². The Balaban J connectivity index is 1.51. The highest BCUT2D eigenvalue weighted by Gasteiger charge is 2.18.